The Kier molecular flexibility index (Phi) is 3.29. The largest absolute Gasteiger partial charge is 0.486 e. The van der Waals surface area contributed by atoms with Gasteiger partial charge in [0.2, 0.25) is 0 Å². The van der Waals surface area contributed by atoms with Gasteiger partial charge in [-0.05, 0) is 18.2 Å². The second-order valence-electron chi connectivity index (χ2n) is 5.15. The van der Waals surface area contributed by atoms with Crippen molar-refractivity contribution >= 4 is 5.91 Å². The van der Waals surface area contributed by atoms with Gasteiger partial charge in [0, 0.05) is 18.4 Å². The average molecular weight is 263 g/mol. The number of nitrogens with two attached hydrogens (primary N) is 1. The summed E-state index contributed by atoms with van der Waals surface area (Å²) in [6.07, 6.45) is 2.21. The van der Waals surface area contributed by atoms with Crippen LogP contribution in [0.15, 0.2) is 18.2 Å². The Balaban J connectivity index is 1.82. The zero-order chi connectivity index (χ0) is 13.2. The number of fused-ring (bicyclic) bond motifs is 1. The molecule has 0 aliphatic carbocycles. The van der Waals surface area contributed by atoms with Gasteiger partial charge in [-0.2, -0.15) is 0 Å². The lowest BCUT2D eigenvalue weighted by Crippen LogP contribution is -3.11. The Morgan fingerprint density at radius 2 is 2.11 bits per heavy atom. The highest BCUT2D eigenvalue weighted by molar-refractivity contribution is 5.74. The summed E-state index contributed by atoms with van der Waals surface area (Å²) < 4.78 is 11.1. The first-order valence-corrected chi connectivity index (χ1v) is 6.76. The fourth-order valence-corrected chi connectivity index (χ4v) is 3.03. The molecule has 19 heavy (non-hydrogen) atoms. The van der Waals surface area contributed by atoms with Crippen LogP contribution >= 0.6 is 0 Å². The molecule has 1 unspecified atom stereocenters. The van der Waals surface area contributed by atoms with Gasteiger partial charge in [-0.15, -0.1) is 0 Å². The molecule has 2 heterocycles. The number of primary amides is 1. The third kappa shape index (κ3) is 2.51. The van der Waals surface area contributed by atoms with E-state index in [-0.39, 0.29) is 5.91 Å². The summed E-state index contributed by atoms with van der Waals surface area (Å²) in [4.78, 5) is 12.4. The van der Waals surface area contributed by atoms with Gasteiger partial charge in [0.15, 0.2) is 18.0 Å². The van der Waals surface area contributed by atoms with Crippen LogP contribution in [0, 0.1) is 0 Å². The monoisotopic (exact) mass is 263 g/mol. The van der Waals surface area contributed by atoms with Crippen LogP contribution in [-0.2, 0) is 4.79 Å². The summed E-state index contributed by atoms with van der Waals surface area (Å²) >= 11 is 0. The predicted molar refractivity (Wildman–Crippen MR) is 69.3 cm³/mol. The van der Waals surface area contributed by atoms with E-state index in [0.717, 1.165) is 30.9 Å². The normalized spacial score (nSPS) is 25.3. The molecule has 0 radical (unpaired) electrons. The number of carbonyl (C=O) groups is 1. The minimum Gasteiger partial charge on any atom is -0.486 e. The van der Waals surface area contributed by atoms with Crippen LogP contribution in [0.5, 0.6) is 11.5 Å². The van der Waals surface area contributed by atoms with Crippen molar-refractivity contribution in [3.8, 4) is 11.5 Å². The van der Waals surface area contributed by atoms with Crippen molar-refractivity contribution in [1.29, 1.82) is 0 Å². The molecule has 1 amide bonds. The lowest BCUT2D eigenvalue weighted by atomic mass is 10.0. The maximum Gasteiger partial charge on any atom is 0.272 e. The molecule has 5 heteroatoms. The molecule has 0 saturated carbocycles. The molecule has 3 rings (SSSR count). The summed E-state index contributed by atoms with van der Waals surface area (Å²) in [5, 5.41) is 0. The Morgan fingerprint density at radius 3 is 2.89 bits per heavy atom. The number of likely N-dealkylation sites (tertiary alicyclic amines) is 1. The van der Waals surface area contributed by atoms with E-state index >= 15 is 0 Å². The summed E-state index contributed by atoms with van der Waals surface area (Å²) in [6.45, 7) is 2.61. The quantitative estimate of drug-likeness (QED) is 0.784. The van der Waals surface area contributed by atoms with Crippen molar-refractivity contribution in [2.45, 2.75) is 18.9 Å². The minimum absolute atomic E-state index is 0.237. The van der Waals surface area contributed by atoms with E-state index in [9.17, 15) is 4.79 Å². The van der Waals surface area contributed by atoms with Crippen molar-refractivity contribution in [3.05, 3.63) is 23.8 Å². The van der Waals surface area contributed by atoms with Crippen LogP contribution in [0.4, 0.5) is 0 Å². The van der Waals surface area contributed by atoms with Gasteiger partial charge in [0.1, 0.15) is 19.3 Å². The van der Waals surface area contributed by atoms with E-state index in [1.165, 1.54) is 10.5 Å². The van der Waals surface area contributed by atoms with E-state index in [1.54, 1.807) is 0 Å². The van der Waals surface area contributed by atoms with Crippen molar-refractivity contribution in [3.63, 3.8) is 0 Å². The smallest absolute Gasteiger partial charge is 0.272 e. The van der Waals surface area contributed by atoms with Crippen LogP contribution in [0.2, 0.25) is 0 Å². The van der Waals surface area contributed by atoms with Gasteiger partial charge in [-0.25, -0.2) is 0 Å². The first kappa shape index (κ1) is 12.3. The van der Waals surface area contributed by atoms with Gasteiger partial charge >= 0.3 is 0 Å². The molecule has 1 aromatic carbocycles. The number of hydrogen-bond acceptors (Lipinski definition) is 3. The SMILES string of the molecule is NC(=O)C[NH+]1CCC[C@H]1c1ccc2c(c1)OCCO2. The third-order valence-electron chi connectivity index (χ3n) is 3.85. The number of ether oxygens (including phenoxy) is 2. The maximum absolute atomic E-state index is 11.1. The summed E-state index contributed by atoms with van der Waals surface area (Å²) in [5.74, 6) is 1.39. The molecule has 2 aliphatic rings. The average Bonchev–Trinajstić information content (AvgIpc) is 2.85. The maximum atomic E-state index is 11.1. The van der Waals surface area contributed by atoms with E-state index < -0.39 is 0 Å². The third-order valence-corrected chi connectivity index (χ3v) is 3.85. The molecule has 2 aliphatic heterocycles. The molecular formula is C14H19N2O3+. The van der Waals surface area contributed by atoms with Gasteiger partial charge in [-0.1, -0.05) is 0 Å². The zero-order valence-corrected chi connectivity index (χ0v) is 10.9. The fourth-order valence-electron chi connectivity index (χ4n) is 3.03. The van der Waals surface area contributed by atoms with E-state index in [1.807, 2.05) is 12.1 Å². The summed E-state index contributed by atoms with van der Waals surface area (Å²) in [7, 11) is 0. The number of amides is 1. The van der Waals surface area contributed by atoms with E-state index in [2.05, 4.69) is 6.07 Å². The second kappa shape index (κ2) is 5.09. The molecule has 0 bridgehead atoms. The summed E-state index contributed by atoms with van der Waals surface area (Å²) in [6, 6.07) is 6.42. The Morgan fingerprint density at radius 1 is 1.32 bits per heavy atom. The first-order valence-electron chi connectivity index (χ1n) is 6.76. The van der Waals surface area contributed by atoms with Crippen LogP contribution in [0.25, 0.3) is 0 Å². The number of benzene rings is 1. The number of rotatable bonds is 3. The van der Waals surface area contributed by atoms with Crippen LogP contribution in [0.3, 0.4) is 0 Å². The Labute approximate surface area is 112 Å². The number of hydrogen-bond donors (Lipinski definition) is 2. The second-order valence-corrected chi connectivity index (χ2v) is 5.15. The molecule has 0 spiro atoms. The number of carbonyl (C=O) groups excluding carboxylic acids is 1. The first-order chi connectivity index (χ1) is 9.24. The van der Waals surface area contributed by atoms with Crippen molar-refractivity contribution in [1.82, 2.24) is 0 Å². The standard InChI is InChI=1S/C14H18N2O3/c15-14(17)9-16-5-1-2-11(16)10-3-4-12-13(8-10)19-7-6-18-12/h3-4,8,11H,1-2,5-7,9H2,(H2,15,17)/p+1/t11-/m0/s1. The zero-order valence-electron chi connectivity index (χ0n) is 10.9. The molecule has 1 saturated heterocycles. The topological polar surface area (TPSA) is 66.0 Å². The fraction of sp³-hybridized carbons (Fsp3) is 0.500. The van der Waals surface area contributed by atoms with Gasteiger partial charge in [0.05, 0.1) is 6.54 Å². The van der Waals surface area contributed by atoms with Crippen molar-refractivity contribution in [2.75, 3.05) is 26.3 Å². The molecule has 3 N–H and O–H groups in total. The molecule has 5 nitrogen and oxygen atoms in total. The molecule has 0 aromatic heterocycles. The van der Waals surface area contributed by atoms with Gasteiger partial charge in [-0.3, -0.25) is 4.79 Å². The highest BCUT2D eigenvalue weighted by atomic mass is 16.6. The Hall–Kier alpha value is -1.75. The number of quaternary nitrogens is 1. The molecule has 102 valence electrons. The molecule has 1 fully saturated rings. The van der Waals surface area contributed by atoms with Crippen LogP contribution < -0.4 is 20.1 Å². The van der Waals surface area contributed by atoms with Crippen LogP contribution in [0.1, 0.15) is 24.4 Å². The highest BCUT2D eigenvalue weighted by Crippen LogP contribution is 2.33. The number of nitrogens with one attached hydrogen (secondary N) is 1. The lowest BCUT2D eigenvalue weighted by molar-refractivity contribution is -0.910. The molecule has 1 aromatic rings. The minimum atomic E-state index is -0.237. The summed E-state index contributed by atoms with van der Waals surface area (Å²) in [5.41, 5.74) is 6.53. The van der Waals surface area contributed by atoms with E-state index in [0.29, 0.717) is 25.8 Å². The van der Waals surface area contributed by atoms with Gasteiger partial charge in [0.25, 0.3) is 5.91 Å². The predicted octanol–water partition coefficient (Wildman–Crippen LogP) is -0.337. The Bertz CT molecular complexity index is 490. The lowest BCUT2D eigenvalue weighted by Gasteiger charge is -2.23. The van der Waals surface area contributed by atoms with Gasteiger partial charge < -0.3 is 20.1 Å². The van der Waals surface area contributed by atoms with Crippen molar-refractivity contribution in [2.24, 2.45) is 5.73 Å². The molecular weight excluding hydrogens is 244 g/mol. The van der Waals surface area contributed by atoms with Crippen molar-refractivity contribution < 1.29 is 19.2 Å². The van der Waals surface area contributed by atoms with Crippen LogP contribution in [-0.4, -0.2) is 32.2 Å². The highest BCUT2D eigenvalue weighted by Gasteiger charge is 2.31. The van der Waals surface area contributed by atoms with E-state index in [4.69, 9.17) is 15.2 Å². The molecule has 2 atom stereocenters.